The molecule has 7 heteroatoms. The number of H-pyrrole nitrogens is 1. The summed E-state index contributed by atoms with van der Waals surface area (Å²) in [5.74, 6) is -0.934. The summed E-state index contributed by atoms with van der Waals surface area (Å²) in [4.78, 5) is 27.9. The number of hydrogen-bond donors (Lipinski definition) is 1. The lowest BCUT2D eigenvalue weighted by Gasteiger charge is -2.05. The predicted octanol–water partition coefficient (Wildman–Crippen LogP) is 0.683. The lowest BCUT2D eigenvalue weighted by atomic mass is 10.1. The summed E-state index contributed by atoms with van der Waals surface area (Å²) in [6.45, 7) is 6.13. The molecule has 0 saturated carbocycles. The Morgan fingerprint density at radius 3 is 2.23 bits per heavy atom. The van der Waals surface area contributed by atoms with E-state index in [1.807, 2.05) is 59.4 Å². The van der Waals surface area contributed by atoms with Crippen molar-refractivity contribution < 1.29 is 36.0 Å². The van der Waals surface area contributed by atoms with Crippen LogP contribution >= 0.6 is 0 Å². The van der Waals surface area contributed by atoms with Crippen molar-refractivity contribution in [1.82, 2.24) is 4.98 Å². The van der Waals surface area contributed by atoms with E-state index in [9.17, 15) is 9.59 Å². The van der Waals surface area contributed by atoms with Crippen molar-refractivity contribution in [2.75, 3.05) is 13.2 Å². The molecule has 3 rings (SSSR count). The van der Waals surface area contributed by atoms with Gasteiger partial charge in [-0.3, -0.25) is 0 Å². The van der Waals surface area contributed by atoms with E-state index in [4.69, 9.17) is 9.47 Å². The first-order chi connectivity index (χ1) is 14.0. The summed E-state index contributed by atoms with van der Waals surface area (Å²) >= 11 is 0. The summed E-state index contributed by atoms with van der Waals surface area (Å²) in [5.41, 5.74) is 3.97. The topological polar surface area (TPSA) is 72.3 Å². The Morgan fingerprint density at radius 1 is 0.933 bits per heavy atom. The third-order valence-electron chi connectivity index (χ3n) is 4.59. The number of pyridine rings is 1. The van der Waals surface area contributed by atoms with Gasteiger partial charge in [-0.25, -0.2) is 9.59 Å². The summed E-state index contributed by atoms with van der Waals surface area (Å²) in [6, 6.07) is 14.0. The number of benzene rings is 1. The first-order valence-electron chi connectivity index (χ1n) is 9.65. The third kappa shape index (κ3) is 5.07. The fraction of sp³-hybridized carbons (Fsp3) is 0.261. The fourth-order valence-electron chi connectivity index (χ4n) is 3.27. The molecule has 158 valence electrons. The molecule has 6 nitrogen and oxygen atoms in total. The molecule has 1 N–H and O–H groups in total. The zero-order valence-electron chi connectivity index (χ0n) is 17.3. The van der Waals surface area contributed by atoms with Gasteiger partial charge in [0.05, 0.1) is 24.5 Å². The van der Waals surface area contributed by atoms with Crippen LogP contribution in [0.5, 0.6) is 0 Å². The van der Waals surface area contributed by atoms with Crippen LogP contribution in [-0.4, -0.2) is 30.1 Å². The zero-order valence-corrected chi connectivity index (χ0v) is 18.0. The number of nitrogens with one attached hydrogen (secondary N) is 1. The maximum Gasteiger partial charge on any atom is 0.355 e. The highest BCUT2D eigenvalue weighted by Gasteiger charge is 2.27. The molecule has 2 aromatic heterocycles. The van der Waals surface area contributed by atoms with Crippen LogP contribution in [-0.2, 0) is 16.0 Å². The van der Waals surface area contributed by atoms with Crippen molar-refractivity contribution in [1.29, 1.82) is 0 Å². The molecule has 0 aliphatic carbocycles. The number of hydrogen-bond acceptors (Lipinski definition) is 4. The summed E-state index contributed by atoms with van der Waals surface area (Å²) in [6.07, 6.45) is 3.92. The Morgan fingerprint density at radius 2 is 1.57 bits per heavy atom. The van der Waals surface area contributed by atoms with Crippen molar-refractivity contribution >= 4 is 11.9 Å². The summed E-state index contributed by atoms with van der Waals surface area (Å²) in [5, 5.41) is 0. The van der Waals surface area contributed by atoms with Crippen molar-refractivity contribution in [3.05, 3.63) is 77.4 Å². The van der Waals surface area contributed by atoms with E-state index >= 15 is 0 Å². The number of aromatic nitrogens is 2. The number of halogens is 1. The van der Waals surface area contributed by atoms with Gasteiger partial charge in [0, 0.05) is 11.6 Å². The van der Waals surface area contributed by atoms with Gasteiger partial charge in [-0.2, -0.15) is 4.57 Å². The molecule has 3 aromatic rings. The lowest BCUT2D eigenvalue weighted by molar-refractivity contribution is -0.688. The van der Waals surface area contributed by atoms with Crippen LogP contribution < -0.4 is 17.0 Å². The van der Waals surface area contributed by atoms with E-state index in [1.54, 1.807) is 20.8 Å². The minimum atomic E-state index is -0.482. The molecule has 1 aromatic carbocycles. The minimum absolute atomic E-state index is 0. The van der Waals surface area contributed by atoms with Crippen molar-refractivity contribution in [2.24, 2.45) is 0 Å². The van der Waals surface area contributed by atoms with Crippen LogP contribution in [0.25, 0.3) is 11.1 Å². The monoisotopic (exact) mass is 428 g/mol. The van der Waals surface area contributed by atoms with E-state index in [0.717, 1.165) is 11.1 Å². The number of rotatable bonds is 7. The van der Waals surface area contributed by atoms with E-state index < -0.39 is 11.9 Å². The number of esters is 2. The molecule has 30 heavy (non-hydrogen) atoms. The third-order valence-corrected chi connectivity index (χ3v) is 4.59. The average molecular weight is 429 g/mol. The second-order valence-electron chi connectivity index (χ2n) is 6.55. The number of carbonyl (C=O) groups is 2. The van der Waals surface area contributed by atoms with Gasteiger partial charge in [0.15, 0.2) is 18.9 Å². The molecule has 0 fully saturated rings. The molecule has 0 aliphatic heterocycles. The highest BCUT2D eigenvalue weighted by atomic mass is 35.5. The van der Waals surface area contributed by atoms with Gasteiger partial charge < -0.3 is 26.9 Å². The van der Waals surface area contributed by atoms with Gasteiger partial charge in [-0.05, 0) is 38.0 Å². The van der Waals surface area contributed by atoms with Crippen LogP contribution in [0, 0.1) is 6.92 Å². The van der Waals surface area contributed by atoms with Crippen LogP contribution in [0.2, 0.25) is 0 Å². The molecule has 0 saturated heterocycles. The lowest BCUT2D eigenvalue weighted by Crippen LogP contribution is -3.00. The van der Waals surface area contributed by atoms with Gasteiger partial charge in [-0.15, -0.1) is 0 Å². The van der Waals surface area contributed by atoms with E-state index in [2.05, 4.69) is 4.98 Å². The molecule has 0 amide bonds. The molecule has 2 heterocycles. The van der Waals surface area contributed by atoms with Crippen molar-refractivity contribution in [3.63, 3.8) is 0 Å². The van der Waals surface area contributed by atoms with Crippen molar-refractivity contribution in [3.8, 4) is 11.1 Å². The average Bonchev–Trinajstić information content (AvgIpc) is 3.05. The summed E-state index contributed by atoms with van der Waals surface area (Å²) < 4.78 is 12.3. The second kappa shape index (κ2) is 10.6. The van der Waals surface area contributed by atoms with E-state index in [0.29, 0.717) is 23.4 Å². The van der Waals surface area contributed by atoms with Gasteiger partial charge in [-0.1, -0.05) is 30.3 Å². The van der Waals surface area contributed by atoms with Gasteiger partial charge in [0.25, 0.3) is 0 Å². The van der Waals surface area contributed by atoms with Crippen LogP contribution in [0.1, 0.15) is 46.0 Å². The van der Waals surface area contributed by atoms with Crippen molar-refractivity contribution in [2.45, 2.75) is 27.3 Å². The smallest absolute Gasteiger partial charge is 0.355 e. The molecule has 0 bridgehead atoms. The Bertz CT molecular complexity index is 1020. The summed E-state index contributed by atoms with van der Waals surface area (Å²) in [7, 11) is 0. The first-order valence-corrected chi connectivity index (χ1v) is 9.65. The quantitative estimate of drug-likeness (QED) is 0.444. The first kappa shape index (κ1) is 23.2. The Labute approximate surface area is 182 Å². The van der Waals surface area contributed by atoms with Gasteiger partial charge in [0.2, 0.25) is 0 Å². The van der Waals surface area contributed by atoms with Gasteiger partial charge in [0.1, 0.15) is 5.69 Å². The number of aromatic amines is 1. The molecule has 0 atom stereocenters. The molecule has 0 spiro atoms. The minimum Gasteiger partial charge on any atom is -1.00 e. The predicted molar refractivity (Wildman–Crippen MR) is 109 cm³/mol. The van der Waals surface area contributed by atoms with Crippen LogP contribution in [0.3, 0.4) is 0 Å². The number of carbonyl (C=O) groups excluding carboxylic acids is 2. The second-order valence-corrected chi connectivity index (χ2v) is 6.55. The van der Waals surface area contributed by atoms with E-state index in [-0.39, 0.29) is 31.3 Å². The molecular weight excluding hydrogens is 404 g/mol. The standard InChI is InChI=1S/C23H24N2O4.ClH/c1-4-28-22(26)20-16(3)21(23(27)29-5-2)24-19(20)15-25-13-9-12-18(14-25)17-10-7-6-8-11-17;/h6-14H,4-5,15H2,1-3H3;1H. The maximum atomic E-state index is 12.6. The number of nitrogens with zero attached hydrogens (tertiary/aromatic N) is 1. The zero-order chi connectivity index (χ0) is 20.8. The number of ether oxygens (including phenoxy) is 2. The highest BCUT2D eigenvalue weighted by Crippen LogP contribution is 2.21. The Balaban J connectivity index is 0.00000320. The maximum absolute atomic E-state index is 12.6. The van der Waals surface area contributed by atoms with Gasteiger partial charge >= 0.3 is 11.9 Å². The Hall–Kier alpha value is -3.12. The molecule has 0 radical (unpaired) electrons. The van der Waals surface area contributed by atoms with Crippen LogP contribution in [0.15, 0.2) is 54.9 Å². The molecule has 0 unspecified atom stereocenters. The SMILES string of the molecule is CCOC(=O)c1[nH]c(C[n+]2cccc(-c3ccccc3)c2)c(C(=O)OCC)c1C.[Cl-]. The molecule has 0 aliphatic rings. The normalized spacial score (nSPS) is 10.2. The highest BCUT2D eigenvalue weighted by molar-refractivity contribution is 5.98. The van der Waals surface area contributed by atoms with E-state index in [1.165, 1.54) is 0 Å². The Kier molecular flexibility index (Phi) is 8.18. The van der Waals surface area contributed by atoms with Crippen LogP contribution in [0.4, 0.5) is 0 Å². The fourth-order valence-corrected chi connectivity index (χ4v) is 3.27. The molecular formula is C23H25ClN2O4. The largest absolute Gasteiger partial charge is 1.00 e.